The maximum atomic E-state index is 12.7. The molecule has 164 valence electrons. The fraction of sp³-hybridized carbons (Fsp3) is 0.591. The molecule has 2 aliphatic heterocycles. The highest BCUT2D eigenvalue weighted by Crippen LogP contribution is 2.19. The highest BCUT2D eigenvalue weighted by atomic mass is 16.5. The van der Waals surface area contributed by atoms with E-state index in [1.807, 2.05) is 30.0 Å². The van der Waals surface area contributed by atoms with Crippen molar-refractivity contribution >= 4 is 23.5 Å². The van der Waals surface area contributed by atoms with Crippen molar-refractivity contribution in [2.45, 2.75) is 19.8 Å². The van der Waals surface area contributed by atoms with E-state index < -0.39 is 0 Å². The maximum Gasteiger partial charge on any atom is 0.309 e. The van der Waals surface area contributed by atoms with Crippen LogP contribution in [0.15, 0.2) is 35.3 Å². The third-order valence-corrected chi connectivity index (χ3v) is 5.78. The number of piperazine rings is 1. The van der Waals surface area contributed by atoms with Crippen LogP contribution in [0.5, 0.6) is 0 Å². The summed E-state index contributed by atoms with van der Waals surface area (Å²) in [6.45, 7) is 7.06. The van der Waals surface area contributed by atoms with E-state index in [0.29, 0.717) is 12.6 Å². The summed E-state index contributed by atoms with van der Waals surface area (Å²) in [6, 6.07) is 10.3. The minimum absolute atomic E-state index is 0.0400. The average molecular weight is 416 g/mol. The topological polar surface area (TPSA) is 77.5 Å². The molecule has 2 heterocycles. The molecular weight excluding hydrogens is 382 g/mol. The lowest BCUT2D eigenvalue weighted by Crippen LogP contribution is -2.53. The molecule has 8 heteroatoms. The van der Waals surface area contributed by atoms with Crippen LogP contribution in [0.3, 0.4) is 0 Å². The van der Waals surface area contributed by atoms with Gasteiger partial charge in [-0.2, -0.15) is 0 Å². The van der Waals surface area contributed by atoms with Gasteiger partial charge in [0.05, 0.1) is 19.1 Å². The first kappa shape index (κ1) is 21.9. The number of carbonyl (C=O) groups is 2. The lowest BCUT2D eigenvalue weighted by atomic mass is 9.97. The number of nitrogens with one attached hydrogen (secondary N) is 1. The number of hydrogen-bond donors (Lipinski definition) is 1. The van der Waals surface area contributed by atoms with Gasteiger partial charge in [0.25, 0.3) is 0 Å². The first-order valence-electron chi connectivity index (χ1n) is 10.8. The zero-order valence-electron chi connectivity index (χ0n) is 18.0. The van der Waals surface area contributed by atoms with Crippen molar-refractivity contribution in [2.24, 2.45) is 10.9 Å². The third kappa shape index (κ3) is 5.64. The van der Waals surface area contributed by atoms with E-state index in [2.05, 4.69) is 32.2 Å². The molecule has 1 aromatic rings. The summed E-state index contributed by atoms with van der Waals surface area (Å²) in [7, 11) is 1.73. The van der Waals surface area contributed by atoms with Crippen molar-refractivity contribution in [1.82, 2.24) is 15.1 Å². The fourth-order valence-electron chi connectivity index (χ4n) is 4.04. The molecule has 0 aromatic heterocycles. The number of aliphatic imine (C=N–C) groups is 1. The fourth-order valence-corrected chi connectivity index (χ4v) is 4.04. The number of carbonyl (C=O) groups excluding carboxylic acids is 2. The molecule has 0 spiro atoms. The molecule has 1 N–H and O–H groups in total. The average Bonchev–Trinajstić information content (AvgIpc) is 2.80. The van der Waals surface area contributed by atoms with Gasteiger partial charge in [0.15, 0.2) is 5.96 Å². The Labute approximate surface area is 178 Å². The second kappa shape index (κ2) is 10.8. The van der Waals surface area contributed by atoms with Crippen LogP contribution in [0, 0.1) is 5.92 Å². The number of likely N-dealkylation sites (tertiary alicyclic amines) is 1. The zero-order chi connectivity index (χ0) is 21.3. The minimum atomic E-state index is -0.107. The molecule has 1 amide bonds. The SMILES string of the molecule is CCOC(=O)C1CCN(C(=NC)NCC(=O)N2CCN(c3ccccc3)CC2)CC1. The van der Waals surface area contributed by atoms with Crippen LogP contribution in [0.1, 0.15) is 19.8 Å². The molecule has 0 radical (unpaired) electrons. The summed E-state index contributed by atoms with van der Waals surface area (Å²) in [5.41, 5.74) is 1.20. The van der Waals surface area contributed by atoms with Crippen LogP contribution in [0.4, 0.5) is 5.69 Å². The second-order valence-corrected chi connectivity index (χ2v) is 7.62. The quantitative estimate of drug-likeness (QED) is 0.442. The Balaban J connectivity index is 1.41. The Hall–Kier alpha value is -2.77. The summed E-state index contributed by atoms with van der Waals surface area (Å²) in [5.74, 6) is 0.658. The van der Waals surface area contributed by atoms with Crippen LogP contribution < -0.4 is 10.2 Å². The van der Waals surface area contributed by atoms with Gasteiger partial charge in [0.2, 0.25) is 5.91 Å². The number of para-hydroxylation sites is 1. The predicted octanol–water partition coefficient (Wildman–Crippen LogP) is 1.19. The minimum Gasteiger partial charge on any atom is -0.466 e. The van der Waals surface area contributed by atoms with Gasteiger partial charge in [0, 0.05) is 52.0 Å². The van der Waals surface area contributed by atoms with E-state index in [-0.39, 0.29) is 24.3 Å². The van der Waals surface area contributed by atoms with Crippen LogP contribution >= 0.6 is 0 Å². The highest BCUT2D eigenvalue weighted by molar-refractivity contribution is 5.87. The van der Waals surface area contributed by atoms with E-state index in [4.69, 9.17) is 4.74 Å². The van der Waals surface area contributed by atoms with Crippen LogP contribution in [-0.4, -0.2) is 87.1 Å². The molecule has 0 atom stereocenters. The van der Waals surface area contributed by atoms with Crippen LogP contribution in [0.25, 0.3) is 0 Å². The summed E-state index contributed by atoms with van der Waals surface area (Å²) >= 11 is 0. The molecule has 0 aliphatic carbocycles. The summed E-state index contributed by atoms with van der Waals surface area (Å²) in [4.78, 5) is 35.2. The molecule has 0 bridgehead atoms. The number of ether oxygens (including phenoxy) is 1. The van der Waals surface area contributed by atoms with Crippen molar-refractivity contribution in [3.63, 3.8) is 0 Å². The molecule has 2 aliphatic rings. The Morgan fingerprint density at radius 3 is 2.30 bits per heavy atom. The van der Waals surface area contributed by atoms with Crippen LogP contribution in [0.2, 0.25) is 0 Å². The Morgan fingerprint density at radius 1 is 1.03 bits per heavy atom. The van der Waals surface area contributed by atoms with Gasteiger partial charge in [0.1, 0.15) is 0 Å². The number of guanidine groups is 1. The van der Waals surface area contributed by atoms with Gasteiger partial charge in [-0.15, -0.1) is 0 Å². The molecule has 8 nitrogen and oxygen atoms in total. The molecular formula is C22H33N5O3. The van der Waals surface area contributed by atoms with Gasteiger partial charge < -0.3 is 24.8 Å². The van der Waals surface area contributed by atoms with Crippen molar-refractivity contribution in [3.05, 3.63) is 30.3 Å². The van der Waals surface area contributed by atoms with E-state index in [0.717, 1.165) is 52.1 Å². The Bertz CT molecular complexity index is 724. The first-order valence-corrected chi connectivity index (χ1v) is 10.8. The number of nitrogens with zero attached hydrogens (tertiary/aromatic N) is 4. The number of piperidine rings is 1. The zero-order valence-corrected chi connectivity index (χ0v) is 18.0. The van der Waals surface area contributed by atoms with E-state index in [1.165, 1.54) is 5.69 Å². The van der Waals surface area contributed by atoms with E-state index in [9.17, 15) is 9.59 Å². The highest BCUT2D eigenvalue weighted by Gasteiger charge is 2.28. The van der Waals surface area contributed by atoms with Crippen molar-refractivity contribution in [2.75, 3.05) is 64.4 Å². The maximum absolute atomic E-state index is 12.7. The van der Waals surface area contributed by atoms with Crippen molar-refractivity contribution < 1.29 is 14.3 Å². The molecule has 3 rings (SSSR count). The smallest absolute Gasteiger partial charge is 0.309 e. The molecule has 0 unspecified atom stereocenters. The summed E-state index contributed by atoms with van der Waals surface area (Å²) in [6.07, 6.45) is 1.49. The Morgan fingerprint density at radius 2 is 1.70 bits per heavy atom. The van der Waals surface area contributed by atoms with E-state index >= 15 is 0 Å². The number of anilines is 1. The molecule has 2 fully saturated rings. The van der Waals surface area contributed by atoms with Gasteiger partial charge >= 0.3 is 5.97 Å². The van der Waals surface area contributed by atoms with E-state index in [1.54, 1.807) is 7.05 Å². The largest absolute Gasteiger partial charge is 0.466 e. The van der Waals surface area contributed by atoms with Crippen LogP contribution in [-0.2, 0) is 14.3 Å². The number of hydrogen-bond acceptors (Lipinski definition) is 5. The summed E-state index contributed by atoms with van der Waals surface area (Å²) < 4.78 is 5.13. The molecule has 0 saturated carbocycles. The predicted molar refractivity (Wildman–Crippen MR) is 118 cm³/mol. The number of esters is 1. The number of benzene rings is 1. The van der Waals surface area contributed by atoms with Gasteiger partial charge in [-0.25, -0.2) is 0 Å². The molecule has 30 heavy (non-hydrogen) atoms. The van der Waals surface area contributed by atoms with Gasteiger partial charge in [-0.05, 0) is 31.9 Å². The number of amides is 1. The molecule has 2 saturated heterocycles. The third-order valence-electron chi connectivity index (χ3n) is 5.78. The van der Waals surface area contributed by atoms with Gasteiger partial charge in [-0.3, -0.25) is 14.6 Å². The number of rotatable bonds is 5. The standard InChI is InChI=1S/C22H33N5O3/c1-3-30-21(29)18-9-11-27(12-10-18)22(23-2)24-17-20(28)26-15-13-25(14-16-26)19-7-5-4-6-8-19/h4-8,18H,3,9-17H2,1-2H3,(H,23,24). The lowest BCUT2D eigenvalue weighted by molar-refractivity contribution is -0.149. The Kier molecular flexibility index (Phi) is 7.93. The van der Waals surface area contributed by atoms with Crippen molar-refractivity contribution in [3.8, 4) is 0 Å². The first-order chi connectivity index (χ1) is 14.6. The van der Waals surface area contributed by atoms with Gasteiger partial charge in [-0.1, -0.05) is 18.2 Å². The lowest BCUT2D eigenvalue weighted by Gasteiger charge is -2.37. The molecule has 1 aromatic carbocycles. The second-order valence-electron chi connectivity index (χ2n) is 7.62. The monoisotopic (exact) mass is 415 g/mol. The van der Waals surface area contributed by atoms with Crippen molar-refractivity contribution in [1.29, 1.82) is 0 Å². The summed E-state index contributed by atoms with van der Waals surface area (Å²) in [5, 5.41) is 3.20. The normalized spacial score (nSPS) is 18.3.